The molecule has 1 aromatic rings. The topological polar surface area (TPSA) is 113 Å². The molecule has 0 fully saturated rings. The molecular formula is C11H10BrFN4O2. The summed E-state index contributed by atoms with van der Waals surface area (Å²) in [5.41, 5.74) is 10.1. The fourth-order valence-electron chi connectivity index (χ4n) is 1.47. The van der Waals surface area contributed by atoms with Crippen LogP contribution in [0.25, 0.3) is 0 Å². The summed E-state index contributed by atoms with van der Waals surface area (Å²) in [7, 11) is 0. The molecule has 100 valence electrons. The number of benzene rings is 1. The maximum atomic E-state index is 14.1. The van der Waals surface area contributed by atoms with Gasteiger partial charge in [0.15, 0.2) is 5.82 Å². The van der Waals surface area contributed by atoms with Gasteiger partial charge in [0, 0.05) is 0 Å². The zero-order valence-electron chi connectivity index (χ0n) is 9.69. The van der Waals surface area contributed by atoms with Gasteiger partial charge in [-0.1, -0.05) is 0 Å². The Balaban J connectivity index is 3.23. The van der Waals surface area contributed by atoms with Gasteiger partial charge in [-0.15, -0.1) is 0 Å². The van der Waals surface area contributed by atoms with Crippen molar-refractivity contribution in [3.05, 3.63) is 28.0 Å². The minimum absolute atomic E-state index is 0.0384. The smallest absolute Gasteiger partial charge is 0.236 e. The fourth-order valence-corrected chi connectivity index (χ4v) is 1.90. The summed E-state index contributed by atoms with van der Waals surface area (Å²) in [4.78, 5) is 23.0. The minimum Gasteiger partial charge on any atom is -0.368 e. The van der Waals surface area contributed by atoms with Gasteiger partial charge in [-0.05, 0) is 28.1 Å². The molecule has 1 rings (SSSR count). The molecule has 0 atom stereocenters. The molecule has 0 aliphatic carbocycles. The molecule has 0 saturated heterocycles. The van der Waals surface area contributed by atoms with Crippen LogP contribution >= 0.6 is 15.9 Å². The van der Waals surface area contributed by atoms with E-state index < -0.39 is 17.6 Å². The second kappa shape index (κ2) is 6.15. The second-order valence-corrected chi connectivity index (χ2v) is 4.45. The number of amides is 2. The van der Waals surface area contributed by atoms with E-state index in [0.29, 0.717) is 0 Å². The van der Waals surface area contributed by atoms with Crippen LogP contribution in [-0.4, -0.2) is 24.9 Å². The van der Waals surface area contributed by atoms with E-state index in [4.69, 9.17) is 16.7 Å². The average molecular weight is 329 g/mol. The molecule has 0 aliphatic rings. The third-order valence-corrected chi connectivity index (χ3v) is 2.99. The molecule has 0 bridgehead atoms. The molecule has 0 heterocycles. The first-order valence-corrected chi connectivity index (χ1v) is 5.85. The normalized spacial score (nSPS) is 9.74. The summed E-state index contributed by atoms with van der Waals surface area (Å²) >= 11 is 2.94. The number of halogens is 2. The Bertz CT molecular complexity index is 555. The van der Waals surface area contributed by atoms with Gasteiger partial charge in [0.05, 0.1) is 28.8 Å². The first-order chi connectivity index (χ1) is 8.86. The molecule has 0 radical (unpaired) electrons. The quantitative estimate of drug-likeness (QED) is 0.805. The third-order valence-electron chi connectivity index (χ3n) is 2.22. The van der Waals surface area contributed by atoms with Crippen LogP contribution in [-0.2, 0) is 9.59 Å². The highest BCUT2D eigenvalue weighted by Gasteiger charge is 2.19. The second-order valence-electron chi connectivity index (χ2n) is 3.66. The van der Waals surface area contributed by atoms with E-state index in [1.807, 2.05) is 0 Å². The molecule has 6 nitrogen and oxygen atoms in total. The van der Waals surface area contributed by atoms with E-state index >= 15 is 0 Å². The van der Waals surface area contributed by atoms with Crippen LogP contribution in [0, 0.1) is 17.1 Å². The van der Waals surface area contributed by atoms with Gasteiger partial charge in [-0.25, -0.2) is 4.39 Å². The summed E-state index contributed by atoms with van der Waals surface area (Å²) in [6.45, 7) is -0.726. The van der Waals surface area contributed by atoms with Crippen molar-refractivity contribution >= 4 is 33.4 Å². The molecule has 19 heavy (non-hydrogen) atoms. The molecule has 2 amide bonds. The van der Waals surface area contributed by atoms with Crippen molar-refractivity contribution in [3.8, 4) is 6.07 Å². The molecule has 0 aliphatic heterocycles. The predicted molar refractivity (Wildman–Crippen MR) is 69.4 cm³/mol. The third kappa shape index (κ3) is 3.66. The summed E-state index contributed by atoms with van der Waals surface area (Å²) in [6, 6.07) is 4.44. The van der Waals surface area contributed by atoms with E-state index in [0.717, 1.165) is 4.90 Å². The SMILES string of the molecule is N#Cc1ccc(N(CC(N)=O)CC(N)=O)c(F)c1Br. The largest absolute Gasteiger partial charge is 0.368 e. The number of nitriles is 1. The first-order valence-electron chi connectivity index (χ1n) is 5.06. The number of carbonyl (C=O) groups excluding carboxylic acids is 2. The van der Waals surface area contributed by atoms with Crippen molar-refractivity contribution in [2.24, 2.45) is 11.5 Å². The molecule has 0 aromatic heterocycles. The van der Waals surface area contributed by atoms with Crippen molar-refractivity contribution in [3.63, 3.8) is 0 Å². The van der Waals surface area contributed by atoms with Crippen molar-refractivity contribution in [1.29, 1.82) is 5.26 Å². The fraction of sp³-hybridized carbons (Fsp3) is 0.182. The van der Waals surface area contributed by atoms with E-state index in [2.05, 4.69) is 15.9 Å². The lowest BCUT2D eigenvalue weighted by Crippen LogP contribution is -2.40. The van der Waals surface area contributed by atoms with E-state index in [9.17, 15) is 14.0 Å². The lowest BCUT2D eigenvalue weighted by Gasteiger charge is -2.22. The number of hydrogen-bond donors (Lipinski definition) is 2. The van der Waals surface area contributed by atoms with Crippen LogP contribution in [0.5, 0.6) is 0 Å². The highest BCUT2D eigenvalue weighted by molar-refractivity contribution is 9.10. The van der Waals surface area contributed by atoms with Crippen LogP contribution in [0.2, 0.25) is 0 Å². The van der Waals surface area contributed by atoms with E-state index in [-0.39, 0.29) is 28.8 Å². The zero-order valence-corrected chi connectivity index (χ0v) is 11.3. The van der Waals surface area contributed by atoms with Crippen molar-refractivity contribution in [2.45, 2.75) is 0 Å². The number of nitrogens with zero attached hydrogens (tertiary/aromatic N) is 2. The Labute approximate surface area is 116 Å². The standard InChI is InChI=1S/C11H10BrFN4O2/c12-10-6(3-14)1-2-7(11(10)13)17(4-8(15)18)5-9(16)19/h1-2H,4-5H2,(H2,15,18)(H2,16,19). The average Bonchev–Trinajstić information content (AvgIpc) is 2.30. The van der Waals surface area contributed by atoms with Gasteiger partial charge in [0.25, 0.3) is 0 Å². The highest BCUT2D eigenvalue weighted by Crippen LogP contribution is 2.28. The van der Waals surface area contributed by atoms with Crippen LogP contribution in [0.4, 0.5) is 10.1 Å². The van der Waals surface area contributed by atoms with Crippen molar-refractivity contribution in [2.75, 3.05) is 18.0 Å². The number of rotatable bonds is 5. The van der Waals surface area contributed by atoms with Crippen molar-refractivity contribution in [1.82, 2.24) is 0 Å². The molecular weight excluding hydrogens is 319 g/mol. The molecule has 8 heteroatoms. The van der Waals surface area contributed by atoms with E-state index in [1.165, 1.54) is 12.1 Å². The molecule has 1 aromatic carbocycles. The van der Waals surface area contributed by atoms with Gasteiger partial charge in [-0.2, -0.15) is 5.26 Å². The van der Waals surface area contributed by atoms with Gasteiger partial charge in [0.1, 0.15) is 6.07 Å². The summed E-state index contributed by atoms with van der Waals surface area (Å²) in [5.74, 6) is -2.23. The van der Waals surface area contributed by atoms with Gasteiger partial charge < -0.3 is 16.4 Å². The van der Waals surface area contributed by atoms with Gasteiger partial charge in [-0.3, -0.25) is 9.59 Å². The summed E-state index contributed by atoms with van der Waals surface area (Å²) < 4.78 is 14.0. The Morgan fingerprint density at radius 1 is 1.32 bits per heavy atom. The van der Waals surface area contributed by atoms with Crippen molar-refractivity contribution < 1.29 is 14.0 Å². The highest BCUT2D eigenvalue weighted by atomic mass is 79.9. The molecule has 0 saturated carbocycles. The Kier molecular flexibility index (Phi) is 4.83. The zero-order chi connectivity index (χ0) is 14.6. The maximum absolute atomic E-state index is 14.1. The van der Waals surface area contributed by atoms with Crippen LogP contribution in [0.1, 0.15) is 5.56 Å². The number of hydrogen-bond acceptors (Lipinski definition) is 4. The van der Waals surface area contributed by atoms with Crippen LogP contribution < -0.4 is 16.4 Å². The van der Waals surface area contributed by atoms with Crippen LogP contribution in [0.15, 0.2) is 16.6 Å². The molecule has 0 unspecified atom stereocenters. The summed E-state index contributed by atoms with van der Waals surface area (Å²) in [5, 5.41) is 8.75. The Morgan fingerprint density at radius 2 is 1.84 bits per heavy atom. The first kappa shape index (κ1) is 14.9. The van der Waals surface area contributed by atoms with Crippen LogP contribution in [0.3, 0.4) is 0 Å². The monoisotopic (exact) mass is 328 g/mol. The summed E-state index contributed by atoms with van der Waals surface area (Å²) in [6.07, 6.45) is 0. The Hall–Kier alpha value is -2.14. The number of anilines is 1. The Morgan fingerprint density at radius 3 is 2.26 bits per heavy atom. The lowest BCUT2D eigenvalue weighted by atomic mass is 10.2. The maximum Gasteiger partial charge on any atom is 0.236 e. The number of primary amides is 2. The predicted octanol–water partition coefficient (Wildman–Crippen LogP) is 0.237. The molecule has 0 spiro atoms. The van der Waals surface area contributed by atoms with Gasteiger partial charge in [0.2, 0.25) is 11.8 Å². The minimum atomic E-state index is -0.762. The number of carbonyl (C=O) groups is 2. The van der Waals surface area contributed by atoms with E-state index in [1.54, 1.807) is 6.07 Å². The lowest BCUT2D eigenvalue weighted by molar-refractivity contribution is -0.117. The molecule has 4 N–H and O–H groups in total. The van der Waals surface area contributed by atoms with Gasteiger partial charge >= 0.3 is 0 Å². The number of nitrogens with two attached hydrogens (primary N) is 2.